The first-order valence-corrected chi connectivity index (χ1v) is 4.33. The summed E-state index contributed by atoms with van der Waals surface area (Å²) in [6.07, 6.45) is 4.02. The van der Waals surface area contributed by atoms with E-state index in [0.717, 1.165) is 17.7 Å². The average molecular weight is 156 g/mol. The van der Waals surface area contributed by atoms with Gasteiger partial charge in [0.15, 0.2) is 5.11 Å². The van der Waals surface area contributed by atoms with Crippen LogP contribution in [0.3, 0.4) is 0 Å². The molecule has 0 spiro atoms. The maximum Gasteiger partial charge on any atom is 0.169 e. The molecule has 56 valence electrons. The number of hydrogen-bond donors (Lipinski definition) is 1. The van der Waals surface area contributed by atoms with E-state index < -0.39 is 0 Å². The Balaban J connectivity index is 2.08. The Bertz CT molecular complexity index is 158. The van der Waals surface area contributed by atoms with E-state index in [1.54, 1.807) is 0 Å². The fourth-order valence-corrected chi connectivity index (χ4v) is 2.11. The summed E-state index contributed by atoms with van der Waals surface area (Å²) in [6.45, 7) is 2.26. The minimum Gasteiger partial charge on any atom is -0.360 e. The normalized spacial score (nSPS) is 31.8. The fourth-order valence-electron chi connectivity index (χ4n) is 1.79. The van der Waals surface area contributed by atoms with Gasteiger partial charge in [0.25, 0.3) is 0 Å². The van der Waals surface area contributed by atoms with Crippen molar-refractivity contribution in [3.63, 3.8) is 0 Å². The number of thiocarbonyl (C=S) groups is 1. The Morgan fingerprint density at radius 3 is 3.20 bits per heavy atom. The van der Waals surface area contributed by atoms with Crippen molar-refractivity contribution in [1.29, 1.82) is 0 Å². The van der Waals surface area contributed by atoms with Gasteiger partial charge in [0.05, 0.1) is 0 Å². The molecule has 1 N–H and O–H groups in total. The Morgan fingerprint density at radius 2 is 2.40 bits per heavy atom. The minimum absolute atomic E-state index is 0.723. The van der Waals surface area contributed by atoms with E-state index in [0.29, 0.717) is 0 Å². The van der Waals surface area contributed by atoms with E-state index in [2.05, 4.69) is 10.2 Å². The van der Waals surface area contributed by atoms with Gasteiger partial charge in [0.2, 0.25) is 0 Å². The highest BCUT2D eigenvalue weighted by Crippen LogP contribution is 2.19. The Morgan fingerprint density at radius 1 is 1.50 bits per heavy atom. The molecule has 0 bridgehead atoms. The summed E-state index contributed by atoms with van der Waals surface area (Å²) in [5.41, 5.74) is 0. The number of rotatable bonds is 0. The lowest BCUT2D eigenvalue weighted by Gasteiger charge is -2.29. The monoisotopic (exact) mass is 156 g/mol. The van der Waals surface area contributed by atoms with E-state index in [4.69, 9.17) is 12.2 Å². The Labute approximate surface area is 66.6 Å². The third kappa shape index (κ3) is 0.888. The summed E-state index contributed by atoms with van der Waals surface area (Å²) in [5, 5.41) is 4.20. The molecule has 0 saturated carbocycles. The molecule has 0 radical (unpaired) electrons. The van der Waals surface area contributed by atoms with Gasteiger partial charge in [-0.1, -0.05) is 0 Å². The van der Waals surface area contributed by atoms with Crippen LogP contribution in [0.25, 0.3) is 0 Å². The molecular formula is C7H12N2S. The first kappa shape index (κ1) is 6.40. The molecule has 1 atom stereocenters. The van der Waals surface area contributed by atoms with Crippen molar-refractivity contribution in [2.45, 2.75) is 25.3 Å². The molecule has 2 saturated heterocycles. The second kappa shape index (κ2) is 2.38. The molecule has 2 heterocycles. The van der Waals surface area contributed by atoms with Crippen molar-refractivity contribution in [3.8, 4) is 0 Å². The SMILES string of the molecule is S=C1NC[C@H]2CCCCN12. The molecule has 0 aliphatic carbocycles. The van der Waals surface area contributed by atoms with Gasteiger partial charge in [-0.25, -0.2) is 0 Å². The molecule has 0 aromatic carbocycles. The Kier molecular flexibility index (Phi) is 1.52. The van der Waals surface area contributed by atoms with E-state index >= 15 is 0 Å². The molecule has 2 nitrogen and oxygen atoms in total. The predicted octanol–water partition coefficient (Wildman–Crippen LogP) is 0.729. The standard InChI is InChI=1S/C7H12N2S/c10-7-8-5-6-3-1-2-4-9(6)7/h6H,1-5H2,(H,8,10)/t6-/m1/s1. The topological polar surface area (TPSA) is 15.3 Å². The van der Waals surface area contributed by atoms with E-state index in [9.17, 15) is 0 Å². The van der Waals surface area contributed by atoms with Crippen LogP contribution < -0.4 is 5.32 Å². The molecule has 3 heteroatoms. The second-order valence-corrected chi connectivity index (χ2v) is 3.42. The number of nitrogens with zero attached hydrogens (tertiary/aromatic N) is 1. The lowest BCUT2D eigenvalue weighted by molar-refractivity contribution is 0.276. The van der Waals surface area contributed by atoms with Crippen LogP contribution in [0.5, 0.6) is 0 Å². The zero-order valence-electron chi connectivity index (χ0n) is 5.97. The largest absolute Gasteiger partial charge is 0.360 e. The van der Waals surface area contributed by atoms with Crippen LogP contribution >= 0.6 is 12.2 Å². The van der Waals surface area contributed by atoms with Gasteiger partial charge in [0, 0.05) is 19.1 Å². The van der Waals surface area contributed by atoms with Crippen molar-refractivity contribution >= 4 is 17.3 Å². The smallest absolute Gasteiger partial charge is 0.169 e. The Hall–Kier alpha value is -0.310. The highest BCUT2D eigenvalue weighted by Gasteiger charge is 2.29. The third-order valence-electron chi connectivity index (χ3n) is 2.38. The summed E-state index contributed by atoms with van der Waals surface area (Å²) < 4.78 is 0. The second-order valence-electron chi connectivity index (χ2n) is 3.03. The highest BCUT2D eigenvalue weighted by molar-refractivity contribution is 7.80. The van der Waals surface area contributed by atoms with Crippen LogP contribution in [-0.4, -0.2) is 29.1 Å². The fraction of sp³-hybridized carbons (Fsp3) is 0.857. The molecule has 10 heavy (non-hydrogen) atoms. The van der Waals surface area contributed by atoms with Gasteiger partial charge in [0.1, 0.15) is 0 Å². The molecule has 2 aliphatic rings. The van der Waals surface area contributed by atoms with Crippen LogP contribution in [-0.2, 0) is 0 Å². The van der Waals surface area contributed by atoms with E-state index in [1.807, 2.05) is 0 Å². The summed E-state index contributed by atoms with van der Waals surface area (Å²) in [7, 11) is 0. The molecule has 2 fully saturated rings. The van der Waals surface area contributed by atoms with Gasteiger partial charge < -0.3 is 10.2 Å². The lowest BCUT2D eigenvalue weighted by atomic mass is 10.0. The van der Waals surface area contributed by atoms with Gasteiger partial charge in [-0.15, -0.1) is 0 Å². The van der Waals surface area contributed by atoms with Gasteiger partial charge in [-0.2, -0.15) is 0 Å². The molecule has 0 amide bonds. The zero-order valence-corrected chi connectivity index (χ0v) is 6.78. The predicted molar refractivity (Wildman–Crippen MR) is 44.9 cm³/mol. The summed E-state index contributed by atoms with van der Waals surface area (Å²) >= 11 is 5.13. The molecule has 2 aliphatic heterocycles. The highest BCUT2D eigenvalue weighted by atomic mass is 32.1. The van der Waals surface area contributed by atoms with Crippen LogP contribution in [0.2, 0.25) is 0 Å². The van der Waals surface area contributed by atoms with Gasteiger partial charge >= 0.3 is 0 Å². The van der Waals surface area contributed by atoms with Crippen molar-refractivity contribution < 1.29 is 0 Å². The van der Waals surface area contributed by atoms with E-state index in [1.165, 1.54) is 25.8 Å². The molecule has 0 aromatic rings. The first-order valence-electron chi connectivity index (χ1n) is 3.92. The van der Waals surface area contributed by atoms with Crippen molar-refractivity contribution in [3.05, 3.63) is 0 Å². The van der Waals surface area contributed by atoms with Crippen LogP contribution in [0.1, 0.15) is 19.3 Å². The average Bonchev–Trinajstić information content (AvgIpc) is 2.34. The molecule has 2 rings (SSSR count). The summed E-state index contributed by atoms with van der Waals surface area (Å²) in [6, 6.07) is 0.723. The molecule has 0 unspecified atom stereocenters. The lowest BCUT2D eigenvalue weighted by Crippen LogP contribution is -2.37. The first-order chi connectivity index (χ1) is 4.88. The quantitative estimate of drug-likeness (QED) is 0.520. The van der Waals surface area contributed by atoms with Crippen LogP contribution in [0, 0.1) is 0 Å². The number of hydrogen-bond acceptors (Lipinski definition) is 1. The maximum absolute atomic E-state index is 5.13. The number of piperidine rings is 1. The zero-order chi connectivity index (χ0) is 6.97. The molecule has 0 aromatic heterocycles. The van der Waals surface area contributed by atoms with Crippen LogP contribution in [0.4, 0.5) is 0 Å². The third-order valence-corrected chi connectivity index (χ3v) is 2.76. The van der Waals surface area contributed by atoms with Crippen molar-refractivity contribution in [2.75, 3.05) is 13.1 Å². The van der Waals surface area contributed by atoms with Gasteiger partial charge in [-0.3, -0.25) is 0 Å². The maximum atomic E-state index is 5.13. The van der Waals surface area contributed by atoms with Gasteiger partial charge in [-0.05, 0) is 31.5 Å². The van der Waals surface area contributed by atoms with E-state index in [-0.39, 0.29) is 0 Å². The van der Waals surface area contributed by atoms with Crippen LogP contribution in [0.15, 0.2) is 0 Å². The summed E-state index contributed by atoms with van der Waals surface area (Å²) in [4.78, 5) is 2.33. The summed E-state index contributed by atoms with van der Waals surface area (Å²) in [5.74, 6) is 0. The molecular weight excluding hydrogens is 144 g/mol. The number of nitrogens with one attached hydrogen (secondary N) is 1. The minimum atomic E-state index is 0.723. The number of fused-ring (bicyclic) bond motifs is 1. The van der Waals surface area contributed by atoms with Crippen molar-refractivity contribution in [2.24, 2.45) is 0 Å². The van der Waals surface area contributed by atoms with Crippen molar-refractivity contribution in [1.82, 2.24) is 10.2 Å².